The van der Waals surface area contributed by atoms with Gasteiger partial charge >= 0.3 is 0 Å². The van der Waals surface area contributed by atoms with Crippen LogP contribution in [-0.4, -0.2) is 17.0 Å². The van der Waals surface area contributed by atoms with Crippen molar-refractivity contribution in [2.75, 3.05) is 0 Å². The fourth-order valence-corrected chi connectivity index (χ4v) is 9.02. The van der Waals surface area contributed by atoms with Gasteiger partial charge in [0.05, 0.1) is 6.10 Å². The van der Waals surface area contributed by atoms with Crippen LogP contribution in [0.25, 0.3) is 0 Å². The van der Waals surface area contributed by atoms with Gasteiger partial charge in [-0.2, -0.15) is 0 Å². The van der Waals surface area contributed by atoms with Crippen LogP contribution in [0.15, 0.2) is 11.6 Å². The first-order valence-electron chi connectivity index (χ1n) is 11.3. The largest absolute Gasteiger partial charge is 0.393 e. The van der Waals surface area contributed by atoms with E-state index in [0.29, 0.717) is 22.5 Å². The molecule has 2 nitrogen and oxygen atoms in total. The van der Waals surface area contributed by atoms with E-state index < -0.39 is 0 Å². The molecule has 5 rings (SSSR count). The molecule has 0 aromatic rings. The SMILES string of the molecule is CC(=O)C1=CCCC23CCC4C(CC[C@H]5C[C@H](O)CC[C@]45C)C2CCC13. The number of Topliss-reactive ketones (excluding diaryl/α,β-unsaturated/α-hetero) is 1. The van der Waals surface area contributed by atoms with Gasteiger partial charge in [-0.1, -0.05) is 13.0 Å². The Morgan fingerprint density at radius 2 is 1.88 bits per heavy atom. The molecule has 5 aliphatic carbocycles. The summed E-state index contributed by atoms with van der Waals surface area (Å²) >= 11 is 0. The second kappa shape index (κ2) is 5.93. The molecule has 1 spiro atoms. The third-order valence-electron chi connectivity index (χ3n) is 10.1. The second-order valence-electron chi connectivity index (χ2n) is 10.7. The van der Waals surface area contributed by atoms with E-state index in [4.69, 9.17) is 0 Å². The van der Waals surface area contributed by atoms with Gasteiger partial charge < -0.3 is 5.11 Å². The van der Waals surface area contributed by atoms with Crippen LogP contribution in [0.1, 0.15) is 84.5 Å². The number of fused-ring (bicyclic) bond motifs is 4. The summed E-state index contributed by atoms with van der Waals surface area (Å²) in [5, 5.41) is 10.2. The number of carbonyl (C=O) groups is 1. The minimum atomic E-state index is -0.0444. The first-order chi connectivity index (χ1) is 12.5. The van der Waals surface area contributed by atoms with E-state index >= 15 is 0 Å². The minimum absolute atomic E-state index is 0.0444. The van der Waals surface area contributed by atoms with Crippen molar-refractivity contribution in [1.82, 2.24) is 0 Å². The predicted octanol–water partition coefficient (Wildman–Crippen LogP) is 5.30. The highest BCUT2D eigenvalue weighted by Gasteiger charge is 2.62. The van der Waals surface area contributed by atoms with E-state index in [0.717, 1.165) is 42.9 Å². The van der Waals surface area contributed by atoms with Crippen LogP contribution >= 0.6 is 0 Å². The van der Waals surface area contributed by atoms with Gasteiger partial charge in [0, 0.05) is 0 Å². The molecule has 26 heavy (non-hydrogen) atoms. The van der Waals surface area contributed by atoms with Crippen molar-refractivity contribution in [1.29, 1.82) is 0 Å². The number of hydrogen-bond donors (Lipinski definition) is 1. The third kappa shape index (κ3) is 2.23. The highest BCUT2D eigenvalue weighted by molar-refractivity contribution is 5.94. The van der Waals surface area contributed by atoms with Crippen LogP contribution in [0.2, 0.25) is 0 Å². The van der Waals surface area contributed by atoms with Crippen LogP contribution in [-0.2, 0) is 4.79 Å². The Balaban J connectivity index is 1.46. The van der Waals surface area contributed by atoms with E-state index in [2.05, 4.69) is 13.0 Å². The molecule has 2 heteroatoms. The van der Waals surface area contributed by atoms with Gasteiger partial charge in [-0.05, 0) is 124 Å². The fourth-order valence-electron chi connectivity index (χ4n) is 9.02. The molecule has 144 valence electrons. The molecule has 0 aliphatic heterocycles. The van der Waals surface area contributed by atoms with Crippen molar-refractivity contribution in [2.45, 2.75) is 90.6 Å². The van der Waals surface area contributed by atoms with Crippen LogP contribution in [0.5, 0.6) is 0 Å². The summed E-state index contributed by atoms with van der Waals surface area (Å²) in [5.41, 5.74) is 2.11. The summed E-state index contributed by atoms with van der Waals surface area (Å²) < 4.78 is 0. The molecule has 5 unspecified atom stereocenters. The summed E-state index contributed by atoms with van der Waals surface area (Å²) in [6, 6.07) is 0. The fraction of sp³-hybridized carbons (Fsp3) is 0.875. The molecule has 0 amide bonds. The number of aliphatic hydroxyl groups excluding tert-OH is 1. The molecule has 0 bridgehead atoms. The molecule has 0 heterocycles. The van der Waals surface area contributed by atoms with Gasteiger partial charge in [-0.3, -0.25) is 4.79 Å². The van der Waals surface area contributed by atoms with Crippen molar-refractivity contribution >= 4 is 5.78 Å². The number of aliphatic hydroxyl groups is 1. The van der Waals surface area contributed by atoms with E-state index in [9.17, 15) is 9.90 Å². The highest BCUT2D eigenvalue weighted by atomic mass is 16.3. The van der Waals surface area contributed by atoms with Gasteiger partial charge in [0.1, 0.15) is 0 Å². The van der Waals surface area contributed by atoms with Crippen LogP contribution in [0.3, 0.4) is 0 Å². The first kappa shape index (κ1) is 17.5. The zero-order valence-corrected chi connectivity index (χ0v) is 16.7. The van der Waals surface area contributed by atoms with Crippen molar-refractivity contribution in [3.05, 3.63) is 11.6 Å². The topological polar surface area (TPSA) is 37.3 Å². The molecule has 0 aromatic heterocycles. The maximum atomic E-state index is 12.3. The van der Waals surface area contributed by atoms with Gasteiger partial charge in [0.2, 0.25) is 0 Å². The maximum Gasteiger partial charge on any atom is 0.155 e. The smallest absolute Gasteiger partial charge is 0.155 e. The lowest BCUT2D eigenvalue weighted by molar-refractivity contribution is -0.132. The van der Waals surface area contributed by atoms with E-state index in [1.54, 1.807) is 6.92 Å². The summed E-state index contributed by atoms with van der Waals surface area (Å²) in [6.45, 7) is 4.37. The van der Waals surface area contributed by atoms with E-state index in [1.165, 1.54) is 56.9 Å². The van der Waals surface area contributed by atoms with Gasteiger partial charge in [0.25, 0.3) is 0 Å². The maximum absolute atomic E-state index is 12.3. The molecule has 0 radical (unpaired) electrons. The van der Waals surface area contributed by atoms with Crippen LogP contribution < -0.4 is 0 Å². The van der Waals surface area contributed by atoms with E-state index in [1.807, 2.05) is 0 Å². The van der Waals surface area contributed by atoms with Crippen molar-refractivity contribution < 1.29 is 9.90 Å². The Bertz CT molecular complexity index is 636. The molecule has 0 saturated heterocycles. The Morgan fingerprint density at radius 3 is 2.69 bits per heavy atom. The van der Waals surface area contributed by atoms with Gasteiger partial charge in [-0.15, -0.1) is 0 Å². The molecule has 4 fully saturated rings. The van der Waals surface area contributed by atoms with Crippen LogP contribution in [0, 0.1) is 40.4 Å². The molecule has 1 N–H and O–H groups in total. The molecule has 0 aromatic carbocycles. The zero-order valence-electron chi connectivity index (χ0n) is 16.7. The van der Waals surface area contributed by atoms with Crippen molar-refractivity contribution in [3.63, 3.8) is 0 Å². The standard InChI is InChI=1S/C24H36O2/c1-15(25)18-4-3-11-24-13-10-20-19(22(24)8-7-21(18)24)6-5-16-14-17(26)9-12-23(16,20)2/h4,16-17,19-22,26H,3,5-14H2,1-2H3/t16-,17+,19?,20?,21?,22?,23-,24?/m0/s1. The molecular formula is C24H36O2. The monoisotopic (exact) mass is 356 g/mol. The molecular weight excluding hydrogens is 320 g/mol. The molecule has 4 saturated carbocycles. The second-order valence-corrected chi connectivity index (χ2v) is 10.7. The lowest BCUT2D eigenvalue weighted by Crippen LogP contribution is -2.55. The van der Waals surface area contributed by atoms with Crippen molar-refractivity contribution in [3.8, 4) is 0 Å². The summed E-state index contributed by atoms with van der Waals surface area (Å²) in [4.78, 5) is 12.3. The normalized spacial score (nSPS) is 53.0. The Labute approximate surface area is 158 Å². The molecule has 8 atom stereocenters. The summed E-state index contributed by atoms with van der Waals surface area (Å²) in [5.74, 6) is 4.27. The quantitative estimate of drug-likeness (QED) is 0.692. The lowest BCUT2D eigenvalue weighted by Gasteiger charge is -2.62. The number of allylic oxidation sites excluding steroid dienone is 2. The molecule has 5 aliphatic rings. The highest BCUT2D eigenvalue weighted by Crippen LogP contribution is 2.70. The Hall–Kier alpha value is -0.630. The average molecular weight is 357 g/mol. The third-order valence-corrected chi connectivity index (χ3v) is 10.1. The minimum Gasteiger partial charge on any atom is -0.393 e. The number of rotatable bonds is 1. The predicted molar refractivity (Wildman–Crippen MR) is 104 cm³/mol. The Kier molecular flexibility index (Phi) is 3.98. The number of carbonyl (C=O) groups excluding carboxylic acids is 1. The van der Waals surface area contributed by atoms with Gasteiger partial charge in [0.15, 0.2) is 5.78 Å². The average Bonchev–Trinajstić information content (AvgIpc) is 3.02. The van der Waals surface area contributed by atoms with Crippen molar-refractivity contribution in [2.24, 2.45) is 40.4 Å². The number of hydrogen-bond acceptors (Lipinski definition) is 2. The summed E-state index contributed by atoms with van der Waals surface area (Å²) in [7, 11) is 0. The first-order valence-corrected chi connectivity index (χ1v) is 11.3. The summed E-state index contributed by atoms with van der Waals surface area (Å²) in [6.07, 6.45) is 16.1. The Morgan fingerprint density at radius 1 is 1.04 bits per heavy atom. The van der Waals surface area contributed by atoms with Gasteiger partial charge in [-0.25, -0.2) is 0 Å². The van der Waals surface area contributed by atoms with Crippen LogP contribution in [0.4, 0.5) is 0 Å². The number of ketones is 1. The zero-order chi connectivity index (χ0) is 18.1. The van der Waals surface area contributed by atoms with E-state index in [-0.39, 0.29) is 6.10 Å². The lowest BCUT2D eigenvalue weighted by atomic mass is 9.43.